The summed E-state index contributed by atoms with van der Waals surface area (Å²) < 4.78 is 10.7. The number of fused-ring (bicyclic) bond motifs is 6. The van der Waals surface area contributed by atoms with Gasteiger partial charge in [-0.25, -0.2) is 0 Å². The Bertz CT molecular complexity index is 4260. The van der Waals surface area contributed by atoms with Crippen LogP contribution in [0.5, 0.6) is 0 Å². The van der Waals surface area contributed by atoms with Crippen LogP contribution < -0.4 is 9.80 Å². The molecular weight excluding hydrogens is 1230 g/mol. The SMILES string of the molecule is CC(C)C1Cc2ccccc2C#Cc2ccccc21.CC(C)CC(=O)N1Cc2ccccc2C#Cc2ccccc21.CC(C)CC1C=CC1.CC(C)Cc1ccc(C2=NOC(CN3C(=O)c4ccccc4C#Cc4ccccc43)C2)cc1.COC1C#CCCN(C(=O)CC(C)C)C[C@@H]1OC. The van der Waals surface area contributed by atoms with E-state index in [2.05, 4.69) is 193 Å². The third kappa shape index (κ3) is 20.9. The molecule has 3 amide bonds. The molecule has 0 spiro atoms. The van der Waals surface area contributed by atoms with E-state index in [1.54, 1.807) is 19.1 Å². The summed E-state index contributed by atoms with van der Waals surface area (Å²) in [5.41, 5.74) is 15.4. The average Bonchev–Trinajstić information content (AvgIpc) is 0.988. The molecule has 10 nitrogen and oxygen atoms in total. The molecule has 4 unspecified atom stereocenters. The lowest BCUT2D eigenvalue weighted by Gasteiger charge is -2.30. The third-order valence-electron chi connectivity index (χ3n) is 18.3. The summed E-state index contributed by atoms with van der Waals surface area (Å²) >= 11 is 0. The van der Waals surface area contributed by atoms with Crippen molar-refractivity contribution < 1.29 is 28.7 Å². The Balaban J connectivity index is 0.000000154. The van der Waals surface area contributed by atoms with Crippen LogP contribution in [-0.2, 0) is 43.3 Å². The molecule has 7 aromatic rings. The van der Waals surface area contributed by atoms with E-state index in [4.69, 9.17) is 14.3 Å². The Hall–Kier alpha value is -9.68. The van der Waals surface area contributed by atoms with Crippen molar-refractivity contribution >= 4 is 34.8 Å². The second-order valence-electron chi connectivity index (χ2n) is 28.5. The lowest BCUT2D eigenvalue weighted by atomic mass is 9.79. The molecule has 5 atom stereocenters. The van der Waals surface area contributed by atoms with Gasteiger partial charge in [-0.3, -0.25) is 14.4 Å². The van der Waals surface area contributed by atoms with E-state index >= 15 is 0 Å². The van der Waals surface area contributed by atoms with Crippen LogP contribution in [0, 0.1) is 82.9 Å². The molecular formula is C90H100N4O6. The van der Waals surface area contributed by atoms with Crippen LogP contribution >= 0.6 is 0 Å². The first-order valence-corrected chi connectivity index (χ1v) is 35.9. The quantitative estimate of drug-likeness (QED) is 0.0794. The van der Waals surface area contributed by atoms with Crippen LogP contribution in [0.1, 0.15) is 185 Å². The molecule has 6 aliphatic rings. The van der Waals surface area contributed by atoms with Crippen molar-refractivity contribution in [3.05, 3.63) is 249 Å². The maximum absolute atomic E-state index is 13.6. The topological polar surface area (TPSA) is 101 Å². The number of carbonyl (C=O) groups excluding carboxylic acids is 3. The molecule has 100 heavy (non-hydrogen) atoms. The number of nitrogens with zero attached hydrogens (tertiary/aromatic N) is 4. The number of para-hydroxylation sites is 2. The first-order chi connectivity index (χ1) is 48.3. The molecule has 516 valence electrons. The van der Waals surface area contributed by atoms with E-state index in [1.807, 2.05) is 121 Å². The van der Waals surface area contributed by atoms with Crippen molar-refractivity contribution in [2.45, 2.75) is 151 Å². The van der Waals surface area contributed by atoms with E-state index in [0.717, 1.165) is 75.1 Å². The highest BCUT2D eigenvalue weighted by atomic mass is 16.6. The van der Waals surface area contributed by atoms with E-state index in [-0.39, 0.29) is 36.0 Å². The second kappa shape index (κ2) is 36.9. The number of oxime groups is 1. The van der Waals surface area contributed by atoms with Gasteiger partial charge in [0.15, 0.2) is 6.10 Å². The van der Waals surface area contributed by atoms with Crippen LogP contribution in [0.15, 0.2) is 187 Å². The number of methoxy groups -OCH3 is 2. The molecule has 0 saturated heterocycles. The highest BCUT2D eigenvalue weighted by Crippen LogP contribution is 2.34. The number of allylic oxidation sites excluding steroid dienone is 2. The van der Waals surface area contributed by atoms with E-state index in [9.17, 15) is 14.4 Å². The van der Waals surface area contributed by atoms with Gasteiger partial charge in [0.05, 0.1) is 42.3 Å². The first kappa shape index (κ1) is 74.5. The molecule has 10 heteroatoms. The van der Waals surface area contributed by atoms with Crippen molar-refractivity contribution in [1.29, 1.82) is 0 Å². The molecule has 4 heterocycles. The van der Waals surface area contributed by atoms with Crippen molar-refractivity contribution in [3.8, 4) is 47.4 Å². The summed E-state index contributed by atoms with van der Waals surface area (Å²) in [5.74, 6) is 30.2. The van der Waals surface area contributed by atoms with Gasteiger partial charge in [-0.2, -0.15) is 0 Å². The summed E-state index contributed by atoms with van der Waals surface area (Å²) in [7, 11) is 3.25. The minimum atomic E-state index is -0.260. The van der Waals surface area contributed by atoms with Crippen molar-refractivity contribution in [2.24, 2.45) is 40.7 Å². The highest BCUT2D eigenvalue weighted by molar-refractivity contribution is 6.09. The number of rotatable bonds is 14. The number of ether oxygens (including phenoxy) is 2. The number of hydrogen-bond acceptors (Lipinski definition) is 7. The van der Waals surface area contributed by atoms with Gasteiger partial charge in [-0.15, -0.1) is 0 Å². The molecule has 0 saturated carbocycles. The summed E-state index contributed by atoms with van der Waals surface area (Å²) in [5, 5.41) is 4.36. The lowest BCUT2D eigenvalue weighted by molar-refractivity contribution is -0.135. The highest BCUT2D eigenvalue weighted by Gasteiger charge is 2.32. The smallest absolute Gasteiger partial charge is 0.259 e. The van der Waals surface area contributed by atoms with Crippen LogP contribution in [0.2, 0.25) is 0 Å². The van der Waals surface area contributed by atoms with Crippen LogP contribution in [0.25, 0.3) is 0 Å². The predicted molar refractivity (Wildman–Crippen MR) is 408 cm³/mol. The summed E-state index contributed by atoms with van der Waals surface area (Å²) in [4.78, 5) is 49.7. The Kier molecular flexibility index (Phi) is 27.5. The van der Waals surface area contributed by atoms with Crippen LogP contribution in [0.3, 0.4) is 0 Å². The largest absolute Gasteiger partial charge is 0.390 e. The predicted octanol–water partition coefficient (Wildman–Crippen LogP) is 17.7. The van der Waals surface area contributed by atoms with E-state index < -0.39 is 0 Å². The van der Waals surface area contributed by atoms with Crippen molar-refractivity contribution in [2.75, 3.05) is 43.7 Å². The zero-order valence-corrected chi connectivity index (χ0v) is 60.8. The molecule has 13 rings (SSSR count). The van der Waals surface area contributed by atoms with Crippen molar-refractivity contribution in [1.82, 2.24) is 4.90 Å². The summed E-state index contributed by atoms with van der Waals surface area (Å²) in [6.07, 6.45) is 11.2. The number of amides is 3. The molecule has 0 N–H and O–H groups in total. The van der Waals surface area contributed by atoms with Gasteiger partial charge >= 0.3 is 0 Å². The monoisotopic (exact) mass is 1330 g/mol. The van der Waals surface area contributed by atoms with Gasteiger partial charge in [-0.05, 0) is 150 Å². The molecule has 0 radical (unpaired) electrons. The Morgan fingerprint density at radius 2 is 1.13 bits per heavy atom. The van der Waals surface area contributed by atoms with Gasteiger partial charge in [0, 0.05) is 79.8 Å². The fourth-order valence-corrected chi connectivity index (χ4v) is 13.0. The standard InChI is InChI=1S/C29H26N2O2.C20H19NO.C19H18.C14H23NO3.C8H14/c1-20(2)17-21-11-13-23(14-12-21)27-18-25(33-30-27)19-31-28-10-6-4-8-24(28)16-15-22-7-3-5-9-26(22)29(31)32;1-15(2)13-20(22)21-14-18-9-4-3-7-16(18)11-12-17-8-5-6-10-19(17)21;1-14(2)19-13-17-9-4-3-7-15(17)11-12-16-8-5-6-10-18(16)19;1-11(2)9-14(16)15-8-6-5-7-12(17-3)13(10-15)18-4;1-7(2)6-8-4-3-5-8/h3-14,20,25H,17-19H2,1-2H3;3-10,15H,13-14H2,1-2H3;3-10,14,19H,13H2,1-2H3;11-13H,6,8-10H2,1-4H3;3-4,7-8H,5-6H2,1-2H3/t;;;12?,13-;/m...0./s1. The van der Waals surface area contributed by atoms with Gasteiger partial charge in [-0.1, -0.05) is 249 Å². The first-order valence-electron chi connectivity index (χ1n) is 35.9. The zero-order chi connectivity index (χ0) is 71.1. The Morgan fingerprint density at radius 1 is 0.580 bits per heavy atom. The van der Waals surface area contributed by atoms with Gasteiger partial charge in [0.25, 0.3) is 5.91 Å². The fourth-order valence-electron chi connectivity index (χ4n) is 13.0. The van der Waals surface area contributed by atoms with Crippen molar-refractivity contribution in [3.63, 3.8) is 0 Å². The zero-order valence-electron chi connectivity index (χ0n) is 60.8. The van der Waals surface area contributed by atoms with Crippen LogP contribution in [-0.4, -0.2) is 80.5 Å². The maximum Gasteiger partial charge on any atom is 0.259 e. The summed E-state index contributed by atoms with van der Waals surface area (Å²) in [6.45, 7) is 24.1. The number of benzene rings is 7. The Labute approximate surface area is 597 Å². The minimum absolute atomic E-state index is 0.0675. The van der Waals surface area contributed by atoms with Gasteiger partial charge in [0.2, 0.25) is 11.8 Å². The Morgan fingerprint density at radius 3 is 1.74 bits per heavy atom. The summed E-state index contributed by atoms with van der Waals surface area (Å²) in [6, 6.07) is 56.9. The number of anilines is 2. The fraction of sp³-hybridized carbons (Fsp3) is 0.378. The molecule has 4 aliphatic heterocycles. The third-order valence-corrected chi connectivity index (χ3v) is 18.3. The molecule has 2 aliphatic carbocycles. The molecule has 0 fully saturated rings. The maximum atomic E-state index is 13.6. The van der Waals surface area contributed by atoms with Crippen LogP contribution in [0.4, 0.5) is 11.4 Å². The average molecular weight is 1330 g/mol. The molecule has 0 bridgehead atoms. The normalized spacial score (nSPS) is 17.9. The molecule has 0 aromatic heterocycles. The van der Waals surface area contributed by atoms with E-state index in [0.29, 0.717) is 87.0 Å². The molecule has 7 aromatic carbocycles. The number of hydrogen-bond donors (Lipinski definition) is 0. The number of carbonyl (C=O) groups is 3. The second-order valence-corrected chi connectivity index (χ2v) is 28.5. The lowest BCUT2D eigenvalue weighted by Crippen LogP contribution is -2.45. The van der Waals surface area contributed by atoms with Gasteiger partial charge in [0.1, 0.15) is 12.2 Å². The van der Waals surface area contributed by atoms with E-state index in [1.165, 1.54) is 40.7 Å². The minimum Gasteiger partial charge on any atom is -0.390 e. The van der Waals surface area contributed by atoms with Gasteiger partial charge < -0.3 is 29.0 Å².